The Kier molecular flexibility index (Phi) is 1.75. The summed E-state index contributed by atoms with van der Waals surface area (Å²) in [6.45, 7) is 9.51. The maximum Gasteiger partial charge on any atom is 0.164 e. The maximum absolute atomic E-state index is 11.5. The molecule has 0 spiro atoms. The maximum atomic E-state index is 11.5. The van der Waals surface area contributed by atoms with Crippen LogP contribution in [0, 0.1) is 11.3 Å². The van der Waals surface area contributed by atoms with E-state index in [9.17, 15) is 4.79 Å². The van der Waals surface area contributed by atoms with Crippen molar-refractivity contribution in [2.45, 2.75) is 20.8 Å². The molecule has 1 unspecified atom stereocenters. The van der Waals surface area contributed by atoms with Crippen molar-refractivity contribution >= 4 is 5.78 Å². The fourth-order valence-electron chi connectivity index (χ4n) is 1.58. The Balaban J connectivity index is 3.03. The number of carbonyl (C=O) groups is 1. The second-order valence-electron chi connectivity index (χ2n) is 3.66. The molecule has 1 atom stereocenters. The van der Waals surface area contributed by atoms with Crippen molar-refractivity contribution in [2.75, 3.05) is 0 Å². The van der Waals surface area contributed by atoms with Gasteiger partial charge in [-0.3, -0.25) is 4.79 Å². The number of rotatable bonds is 1. The summed E-state index contributed by atoms with van der Waals surface area (Å²) in [5.74, 6) is 0.470. The van der Waals surface area contributed by atoms with Crippen LogP contribution >= 0.6 is 0 Å². The highest BCUT2D eigenvalue weighted by molar-refractivity contribution is 6.02. The third-order valence-electron chi connectivity index (χ3n) is 2.46. The van der Waals surface area contributed by atoms with Crippen LogP contribution in [0.25, 0.3) is 0 Å². The largest absolute Gasteiger partial charge is 0.294 e. The molecule has 0 aromatic carbocycles. The smallest absolute Gasteiger partial charge is 0.164 e. The van der Waals surface area contributed by atoms with Crippen LogP contribution in [0.1, 0.15) is 20.8 Å². The van der Waals surface area contributed by atoms with E-state index in [0.717, 1.165) is 5.57 Å². The van der Waals surface area contributed by atoms with Crippen LogP contribution in [-0.4, -0.2) is 5.78 Å². The number of hydrogen-bond donors (Lipinski definition) is 0. The summed E-state index contributed by atoms with van der Waals surface area (Å²) < 4.78 is 0. The quantitative estimate of drug-likeness (QED) is 0.524. The summed E-state index contributed by atoms with van der Waals surface area (Å²) in [6.07, 6.45) is 3.84. The summed E-state index contributed by atoms with van der Waals surface area (Å²) >= 11 is 0. The minimum absolute atomic E-state index is 0.218. The molecule has 0 aromatic heterocycles. The van der Waals surface area contributed by atoms with Crippen LogP contribution in [0.4, 0.5) is 0 Å². The number of allylic oxidation sites excluding steroid dienone is 3. The third kappa shape index (κ3) is 1.05. The van der Waals surface area contributed by atoms with E-state index in [0.29, 0.717) is 0 Å². The molecular weight excluding hydrogens is 136 g/mol. The molecule has 0 amide bonds. The second kappa shape index (κ2) is 2.33. The zero-order chi connectivity index (χ0) is 8.65. The third-order valence-corrected chi connectivity index (χ3v) is 2.46. The van der Waals surface area contributed by atoms with Crippen molar-refractivity contribution in [1.82, 2.24) is 0 Å². The molecule has 0 fully saturated rings. The zero-order valence-electron chi connectivity index (χ0n) is 7.35. The van der Waals surface area contributed by atoms with Gasteiger partial charge in [-0.1, -0.05) is 26.0 Å². The number of Topliss-reactive ketones (excluding diaryl/α,β-unsaturated/α-hetero) is 1. The molecule has 0 radical (unpaired) electrons. The van der Waals surface area contributed by atoms with Crippen molar-refractivity contribution in [3.63, 3.8) is 0 Å². The summed E-state index contributed by atoms with van der Waals surface area (Å²) in [7, 11) is 0. The van der Waals surface area contributed by atoms with Gasteiger partial charge in [-0.25, -0.2) is 0 Å². The summed E-state index contributed by atoms with van der Waals surface area (Å²) in [6, 6.07) is 0. The van der Waals surface area contributed by atoms with Crippen molar-refractivity contribution in [2.24, 2.45) is 11.3 Å². The minimum Gasteiger partial charge on any atom is -0.294 e. The average molecular weight is 150 g/mol. The SMILES string of the molecule is C=CC1C=C(C)C(=O)C1(C)C. The number of ketones is 1. The van der Waals surface area contributed by atoms with Gasteiger partial charge in [0.25, 0.3) is 0 Å². The van der Waals surface area contributed by atoms with Gasteiger partial charge in [0, 0.05) is 11.3 Å². The van der Waals surface area contributed by atoms with Crippen LogP contribution in [0.5, 0.6) is 0 Å². The van der Waals surface area contributed by atoms with Gasteiger partial charge in [0.1, 0.15) is 0 Å². The lowest BCUT2D eigenvalue weighted by molar-refractivity contribution is -0.122. The van der Waals surface area contributed by atoms with Crippen LogP contribution in [-0.2, 0) is 4.79 Å². The Bertz CT molecular complexity index is 233. The Labute approximate surface area is 67.8 Å². The molecule has 0 saturated carbocycles. The zero-order valence-corrected chi connectivity index (χ0v) is 7.35. The van der Waals surface area contributed by atoms with Crippen molar-refractivity contribution in [3.05, 3.63) is 24.3 Å². The lowest BCUT2D eigenvalue weighted by Crippen LogP contribution is -2.25. The predicted octanol–water partition coefficient (Wildman–Crippen LogP) is 2.34. The second-order valence-corrected chi connectivity index (χ2v) is 3.66. The van der Waals surface area contributed by atoms with Gasteiger partial charge < -0.3 is 0 Å². The van der Waals surface area contributed by atoms with Gasteiger partial charge in [-0.15, -0.1) is 6.58 Å². The van der Waals surface area contributed by atoms with E-state index in [1.807, 2.05) is 32.9 Å². The monoisotopic (exact) mass is 150 g/mol. The van der Waals surface area contributed by atoms with Crippen LogP contribution in [0.2, 0.25) is 0 Å². The molecule has 1 rings (SSSR count). The first-order chi connectivity index (χ1) is 5.00. The average Bonchev–Trinajstić information content (AvgIpc) is 2.13. The van der Waals surface area contributed by atoms with E-state index in [2.05, 4.69) is 6.58 Å². The molecule has 1 heteroatoms. The molecule has 0 bridgehead atoms. The lowest BCUT2D eigenvalue weighted by atomic mass is 9.80. The van der Waals surface area contributed by atoms with Gasteiger partial charge in [0.15, 0.2) is 5.78 Å². The van der Waals surface area contributed by atoms with Crippen molar-refractivity contribution < 1.29 is 4.79 Å². The fourth-order valence-corrected chi connectivity index (χ4v) is 1.58. The fraction of sp³-hybridized carbons (Fsp3) is 0.500. The Morgan fingerprint density at radius 3 is 2.36 bits per heavy atom. The predicted molar refractivity (Wildman–Crippen MR) is 46.2 cm³/mol. The Hall–Kier alpha value is -0.850. The molecule has 0 N–H and O–H groups in total. The van der Waals surface area contributed by atoms with Crippen LogP contribution in [0.15, 0.2) is 24.3 Å². The minimum atomic E-state index is -0.258. The summed E-state index contributed by atoms with van der Waals surface area (Å²) in [5.41, 5.74) is 0.617. The van der Waals surface area contributed by atoms with E-state index in [-0.39, 0.29) is 17.1 Å². The topological polar surface area (TPSA) is 17.1 Å². The first-order valence-corrected chi connectivity index (χ1v) is 3.86. The van der Waals surface area contributed by atoms with Gasteiger partial charge in [-0.2, -0.15) is 0 Å². The van der Waals surface area contributed by atoms with Crippen LogP contribution in [0.3, 0.4) is 0 Å². The molecule has 0 heterocycles. The van der Waals surface area contributed by atoms with Gasteiger partial charge in [-0.05, 0) is 12.5 Å². The normalized spacial score (nSPS) is 28.5. The van der Waals surface area contributed by atoms with E-state index in [1.165, 1.54) is 0 Å². The van der Waals surface area contributed by atoms with Crippen molar-refractivity contribution in [1.29, 1.82) is 0 Å². The van der Waals surface area contributed by atoms with Gasteiger partial charge in [0.2, 0.25) is 0 Å². The number of hydrogen-bond acceptors (Lipinski definition) is 1. The van der Waals surface area contributed by atoms with E-state index >= 15 is 0 Å². The molecule has 0 aliphatic heterocycles. The first kappa shape index (κ1) is 8.25. The van der Waals surface area contributed by atoms with Crippen molar-refractivity contribution in [3.8, 4) is 0 Å². The standard InChI is InChI=1S/C10H14O/c1-5-8-6-7(2)9(11)10(8,3)4/h5-6,8H,1H2,2-4H3. The van der Waals surface area contributed by atoms with E-state index < -0.39 is 0 Å². The molecular formula is C10H14O. The van der Waals surface area contributed by atoms with E-state index in [1.54, 1.807) is 0 Å². The Morgan fingerprint density at radius 1 is 1.64 bits per heavy atom. The summed E-state index contributed by atoms with van der Waals surface area (Å²) in [4.78, 5) is 11.5. The molecule has 11 heavy (non-hydrogen) atoms. The molecule has 0 saturated heterocycles. The molecule has 1 nitrogen and oxygen atoms in total. The highest BCUT2D eigenvalue weighted by atomic mass is 16.1. The first-order valence-electron chi connectivity index (χ1n) is 3.86. The molecule has 0 aromatic rings. The lowest BCUT2D eigenvalue weighted by Gasteiger charge is -2.21. The highest BCUT2D eigenvalue weighted by Gasteiger charge is 2.39. The number of carbonyl (C=O) groups excluding carboxylic acids is 1. The molecule has 60 valence electrons. The van der Waals surface area contributed by atoms with Gasteiger partial charge >= 0.3 is 0 Å². The van der Waals surface area contributed by atoms with Gasteiger partial charge in [0.05, 0.1) is 0 Å². The van der Waals surface area contributed by atoms with E-state index in [4.69, 9.17) is 0 Å². The van der Waals surface area contributed by atoms with Crippen LogP contribution < -0.4 is 0 Å². The Morgan fingerprint density at radius 2 is 2.18 bits per heavy atom. The highest BCUT2D eigenvalue weighted by Crippen LogP contribution is 2.38. The summed E-state index contributed by atoms with van der Waals surface area (Å²) in [5, 5.41) is 0. The molecule has 1 aliphatic carbocycles. The molecule has 1 aliphatic rings.